The molecule has 0 atom stereocenters. The van der Waals surface area contributed by atoms with Gasteiger partial charge >= 0.3 is 17.9 Å². The van der Waals surface area contributed by atoms with Crippen molar-refractivity contribution in [2.24, 2.45) is 0 Å². The van der Waals surface area contributed by atoms with Crippen molar-refractivity contribution in [3.05, 3.63) is 0 Å². The van der Waals surface area contributed by atoms with E-state index in [4.69, 9.17) is 0 Å². The Morgan fingerprint density at radius 3 is 2.58 bits per heavy atom. The Morgan fingerprint density at radius 1 is 1.42 bits per heavy atom. The molecule has 0 spiro atoms. The number of esters is 3. The van der Waals surface area contributed by atoms with Gasteiger partial charge < -0.3 is 14.3 Å². The highest BCUT2D eigenvalue weighted by molar-refractivity contribution is 5.90. The van der Waals surface area contributed by atoms with Gasteiger partial charge in [0.05, 0.1) is 33.3 Å². The number of rotatable bonds is 7. The number of ether oxygens (including phenoxy) is 2. The zero-order valence-corrected chi connectivity index (χ0v) is 10.7. The standard InChI is InChI=1S/C11H16N2O6/c1-18-9(15)6-12(4-5-14)2-3-13-7-10(16)19-11(17)8-13/h5H,2-4,6-8H2,1H3. The molecular formula is C11H16N2O6. The molecule has 1 heterocycles. The number of nitrogens with zero attached hydrogens (tertiary/aromatic N) is 2. The van der Waals surface area contributed by atoms with Crippen LogP contribution in [0.2, 0.25) is 0 Å². The lowest BCUT2D eigenvalue weighted by molar-refractivity contribution is -0.167. The molecule has 0 unspecified atom stereocenters. The first-order valence-corrected chi connectivity index (χ1v) is 5.73. The highest BCUT2D eigenvalue weighted by atomic mass is 16.6. The van der Waals surface area contributed by atoms with Crippen LogP contribution < -0.4 is 0 Å². The molecular weight excluding hydrogens is 256 g/mol. The summed E-state index contributed by atoms with van der Waals surface area (Å²) in [6, 6.07) is 0. The average Bonchev–Trinajstić information content (AvgIpc) is 2.35. The minimum Gasteiger partial charge on any atom is -0.468 e. The van der Waals surface area contributed by atoms with Crippen molar-refractivity contribution in [1.29, 1.82) is 0 Å². The van der Waals surface area contributed by atoms with E-state index in [0.717, 1.165) is 0 Å². The van der Waals surface area contributed by atoms with Gasteiger partial charge in [-0.3, -0.25) is 24.2 Å². The minimum atomic E-state index is -0.592. The Balaban J connectivity index is 2.42. The van der Waals surface area contributed by atoms with E-state index < -0.39 is 17.9 Å². The van der Waals surface area contributed by atoms with Gasteiger partial charge in [0.1, 0.15) is 6.29 Å². The van der Waals surface area contributed by atoms with Crippen LogP contribution in [0, 0.1) is 0 Å². The number of carbonyl (C=O) groups excluding carboxylic acids is 4. The molecule has 0 radical (unpaired) electrons. The van der Waals surface area contributed by atoms with Gasteiger partial charge in [0.15, 0.2) is 0 Å². The molecule has 8 heteroatoms. The second-order valence-electron chi connectivity index (χ2n) is 4.03. The molecule has 0 aromatic rings. The van der Waals surface area contributed by atoms with Crippen molar-refractivity contribution < 1.29 is 28.7 Å². The lowest BCUT2D eigenvalue weighted by atomic mass is 10.3. The fourth-order valence-corrected chi connectivity index (χ4v) is 1.64. The largest absolute Gasteiger partial charge is 0.468 e. The Labute approximate surface area is 110 Å². The zero-order chi connectivity index (χ0) is 14.3. The van der Waals surface area contributed by atoms with Crippen molar-refractivity contribution in [2.45, 2.75) is 0 Å². The topological polar surface area (TPSA) is 93.2 Å². The number of hydrogen-bond acceptors (Lipinski definition) is 8. The Hall–Kier alpha value is -1.80. The third-order valence-electron chi connectivity index (χ3n) is 2.58. The van der Waals surface area contributed by atoms with E-state index >= 15 is 0 Å². The number of methoxy groups -OCH3 is 1. The quantitative estimate of drug-likeness (QED) is 0.300. The van der Waals surface area contributed by atoms with E-state index in [1.807, 2.05) is 0 Å². The van der Waals surface area contributed by atoms with Gasteiger partial charge in [-0.15, -0.1) is 0 Å². The Morgan fingerprint density at radius 2 is 2.05 bits per heavy atom. The van der Waals surface area contributed by atoms with Crippen molar-refractivity contribution in [3.8, 4) is 0 Å². The molecule has 0 amide bonds. The van der Waals surface area contributed by atoms with E-state index in [-0.39, 0.29) is 26.2 Å². The zero-order valence-electron chi connectivity index (χ0n) is 10.7. The number of aldehydes is 1. The number of hydrogen-bond donors (Lipinski definition) is 0. The summed E-state index contributed by atoms with van der Waals surface area (Å²) < 4.78 is 8.90. The highest BCUT2D eigenvalue weighted by Crippen LogP contribution is 2.00. The maximum Gasteiger partial charge on any atom is 0.327 e. The highest BCUT2D eigenvalue weighted by Gasteiger charge is 2.25. The summed E-state index contributed by atoms with van der Waals surface area (Å²) >= 11 is 0. The van der Waals surface area contributed by atoms with E-state index in [1.165, 1.54) is 7.11 Å². The van der Waals surface area contributed by atoms with Gasteiger partial charge in [0, 0.05) is 13.1 Å². The molecule has 0 aliphatic carbocycles. The molecule has 0 bridgehead atoms. The van der Waals surface area contributed by atoms with Crippen LogP contribution in [0.25, 0.3) is 0 Å². The van der Waals surface area contributed by atoms with Gasteiger partial charge in [-0.1, -0.05) is 0 Å². The number of carbonyl (C=O) groups is 4. The Bertz CT molecular complexity index is 354. The first kappa shape index (κ1) is 15.3. The Kier molecular flexibility index (Phi) is 6.10. The second kappa shape index (κ2) is 7.59. The van der Waals surface area contributed by atoms with Gasteiger partial charge in [-0.05, 0) is 0 Å². The lowest BCUT2D eigenvalue weighted by Gasteiger charge is -2.26. The van der Waals surface area contributed by atoms with Crippen LogP contribution in [0.4, 0.5) is 0 Å². The van der Waals surface area contributed by atoms with E-state index in [2.05, 4.69) is 9.47 Å². The smallest absolute Gasteiger partial charge is 0.327 e. The molecule has 1 aliphatic rings. The molecule has 8 nitrogen and oxygen atoms in total. The average molecular weight is 272 g/mol. The number of morpholine rings is 1. The van der Waals surface area contributed by atoms with Crippen LogP contribution in [0.3, 0.4) is 0 Å². The fraction of sp³-hybridized carbons (Fsp3) is 0.636. The van der Waals surface area contributed by atoms with Crippen molar-refractivity contribution in [1.82, 2.24) is 9.80 Å². The van der Waals surface area contributed by atoms with Gasteiger partial charge in [0.25, 0.3) is 0 Å². The van der Waals surface area contributed by atoms with Crippen LogP contribution in [0.5, 0.6) is 0 Å². The van der Waals surface area contributed by atoms with Crippen LogP contribution in [-0.4, -0.2) is 80.4 Å². The van der Waals surface area contributed by atoms with E-state index in [0.29, 0.717) is 19.4 Å². The van der Waals surface area contributed by atoms with E-state index in [1.54, 1.807) is 9.80 Å². The molecule has 106 valence electrons. The summed E-state index contributed by atoms with van der Waals surface area (Å²) in [7, 11) is 1.26. The summed E-state index contributed by atoms with van der Waals surface area (Å²) in [4.78, 5) is 46.9. The fourth-order valence-electron chi connectivity index (χ4n) is 1.64. The molecule has 19 heavy (non-hydrogen) atoms. The molecule has 0 saturated carbocycles. The van der Waals surface area contributed by atoms with Gasteiger partial charge in [0.2, 0.25) is 0 Å². The van der Waals surface area contributed by atoms with Crippen LogP contribution in [0.15, 0.2) is 0 Å². The van der Waals surface area contributed by atoms with Crippen molar-refractivity contribution >= 4 is 24.2 Å². The maximum absolute atomic E-state index is 11.1. The predicted molar refractivity (Wildman–Crippen MR) is 62.1 cm³/mol. The van der Waals surface area contributed by atoms with Gasteiger partial charge in [-0.25, -0.2) is 0 Å². The predicted octanol–water partition coefficient (Wildman–Crippen LogP) is -1.95. The van der Waals surface area contributed by atoms with Crippen LogP contribution >= 0.6 is 0 Å². The maximum atomic E-state index is 11.1. The summed E-state index contributed by atoms with van der Waals surface area (Å²) in [5.41, 5.74) is 0. The minimum absolute atomic E-state index is 0.0124. The molecule has 0 aromatic heterocycles. The molecule has 0 N–H and O–H groups in total. The molecule has 1 saturated heterocycles. The van der Waals surface area contributed by atoms with Crippen LogP contribution in [0.1, 0.15) is 0 Å². The first-order chi connectivity index (χ1) is 9.05. The summed E-state index contributed by atoms with van der Waals surface area (Å²) in [6.45, 7) is 0.876. The van der Waals surface area contributed by atoms with Crippen molar-refractivity contribution in [2.75, 3.05) is 46.4 Å². The van der Waals surface area contributed by atoms with Gasteiger partial charge in [-0.2, -0.15) is 0 Å². The number of cyclic esters (lactones) is 2. The third kappa shape index (κ3) is 5.58. The SMILES string of the molecule is COC(=O)CN(CC=O)CCN1CC(=O)OC(=O)C1. The summed E-state index contributed by atoms with van der Waals surface area (Å²) in [5, 5.41) is 0. The first-order valence-electron chi connectivity index (χ1n) is 5.73. The van der Waals surface area contributed by atoms with Crippen LogP contribution in [-0.2, 0) is 28.7 Å². The summed E-state index contributed by atoms with van der Waals surface area (Å²) in [6.07, 6.45) is 0.679. The lowest BCUT2D eigenvalue weighted by Crippen LogP contribution is -2.46. The molecule has 0 aromatic carbocycles. The third-order valence-corrected chi connectivity index (χ3v) is 2.58. The van der Waals surface area contributed by atoms with Crippen molar-refractivity contribution in [3.63, 3.8) is 0 Å². The monoisotopic (exact) mass is 272 g/mol. The molecule has 1 aliphatic heterocycles. The van der Waals surface area contributed by atoms with E-state index in [9.17, 15) is 19.2 Å². The normalized spacial score (nSPS) is 16.3. The molecule has 1 fully saturated rings. The second-order valence-corrected chi connectivity index (χ2v) is 4.03. The summed E-state index contributed by atoms with van der Waals surface area (Å²) in [5.74, 6) is -1.63. The molecule has 1 rings (SSSR count).